The van der Waals surface area contributed by atoms with Crippen molar-refractivity contribution in [2.24, 2.45) is 23.0 Å². The van der Waals surface area contributed by atoms with Gasteiger partial charge in [0.1, 0.15) is 0 Å². The van der Waals surface area contributed by atoms with Crippen LogP contribution in [0.15, 0.2) is 0 Å². The van der Waals surface area contributed by atoms with Crippen LogP contribution >= 0.6 is 0 Å². The summed E-state index contributed by atoms with van der Waals surface area (Å²) in [7, 11) is 0. The molecule has 2 rings (SSSR count). The van der Waals surface area contributed by atoms with Crippen LogP contribution in [0.25, 0.3) is 0 Å². The average Bonchev–Trinajstić information content (AvgIpc) is 2.61. The second-order valence-corrected chi connectivity index (χ2v) is 8.59. The molecule has 0 amide bonds. The molecule has 0 spiro atoms. The lowest BCUT2D eigenvalue weighted by atomic mass is 9.74. The first kappa shape index (κ1) is 16.3. The fraction of sp³-hybridized carbons (Fsp3) is 1.00. The van der Waals surface area contributed by atoms with Gasteiger partial charge in [0, 0.05) is 12.1 Å². The molecule has 1 heterocycles. The largest absolute Gasteiger partial charge is 0.329 e. The number of rotatable bonds is 2. The van der Waals surface area contributed by atoms with Crippen LogP contribution < -0.4 is 5.73 Å². The number of piperidine rings is 1. The van der Waals surface area contributed by atoms with E-state index in [1.165, 1.54) is 58.0 Å². The molecule has 0 aromatic heterocycles. The minimum atomic E-state index is 0.327. The maximum Gasteiger partial charge on any atom is 0.0331 e. The Bertz CT molecular complexity index is 299. The molecule has 1 saturated heterocycles. The summed E-state index contributed by atoms with van der Waals surface area (Å²) < 4.78 is 0. The van der Waals surface area contributed by atoms with Crippen LogP contribution in [0.3, 0.4) is 0 Å². The third kappa shape index (κ3) is 3.57. The molecule has 0 radical (unpaired) electrons. The van der Waals surface area contributed by atoms with E-state index in [1.54, 1.807) is 0 Å². The first-order chi connectivity index (χ1) is 9.37. The first-order valence-corrected chi connectivity index (χ1v) is 8.82. The highest BCUT2D eigenvalue weighted by Crippen LogP contribution is 2.40. The van der Waals surface area contributed by atoms with Crippen LogP contribution in [-0.4, -0.2) is 30.1 Å². The predicted octanol–water partition coefficient (Wildman–Crippen LogP) is 4.04. The Morgan fingerprint density at radius 2 is 1.70 bits per heavy atom. The molecule has 0 aromatic carbocycles. The van der Waals surface area contributed by atoms with E-state index in [9.17, 15) is 0 Å². The lowest BCUT2D eigenvalue weighted by molar-refractivity contribution is 0.0200. The standard InChI is InChI=1S/C18H36N2/c1-15-6-5-10-18(14-19,11-7-15)20-12-8-16(9-13-20)17(2,3)4/h15-16H,5-14,19H2,1-4H3. The molecule has 0 bridgehead atoms. The Hall–Kier alpha value is -0.0800. The lowest BCUT2D eigenvalue weighted by Gasteiger charge is -2.48. The molecular formula is C18H36N2. The molecule has 1 saturated carbocycles. The zero-order chi connectivity index (χ0) is 14.8. The number of nitrogens with zero attached hydrogens (tertiary/aromatic N) is 1. The lowest BCUT2D eigenvalue weighted by Crippen LogP contribution is -2.56. The quantitative estimate of drug-likeness (QED) is 0.773. The fourth-order valence-corrected chi connectivity index (χ4v) is 4.43. The van der Waals surface area contributed by atoms with Crippen LogP contribution in [0.1, 0.15) is 72.6 Å². The van der Waals surface area contributed by atoms with Crippen LogP contribution in [0.4, 0.5) is 0 Å². The van der Waals surface area contributed by atoms with Crippen molar-refractivity contribution in [3.05, 3.63) is 0 Å². The smallest absolute Gasteiger partial charge is 0.0331 e. The van der Waals surface area contributed by atoms with Gasteiger partial charge in [-0.25, -0.2) is 0 Å². The Labute approximate surface area is 126 Å². The summed E-state index contributed by atoms with van der Waals surface area (Å²) in [6.45, 7) is 13.0. The summed E-state index contributed by atoms with van der Waals surface area (Å²) in [6, 6.07) is 0. The highest BCUT2D eigenvalue weighted by molar-refractivity contribution is 4.96. The van der Waals surface area contributed by atoms with Gasteiger partial charge in [0.25, 0.3) is 0 Å². The second kappa shape index (κ2) is 6.36. The van der Waals surface area contributed by atoms with Gasteiger partial charge in [0.05, 0.1) is 0 Å². The van der Waals surface area contributed by atoms with E-state index >= 15 is 0 Å². The van der Waals surface area contributed by atoms with E-state index < -0.39 is 0 Å². The Morgan fingerprint density at radius 3 is 2.25 bits per heavy atom. The van der Waals surface area contributed by atoms with Gasteiger partial charge in [-0.2, -0.15) is 0 Å². The van der Waals surface area contributed by atoms with Crippen molar-refractivity contribution < 1.29 is 0 Å². The Balaban J connectivity index is 1.99. The molecule has 0 aromatic rings. The molecule has 2 N–H and O–H groups in total. The number of nitrogens with two attached hydrogens (primary N) is 1. The highest BCUT2D eigenvalue weighted by atomic mass is 15.2. The van der Waals surface area contributed by atoms with Crippen molar-refractivity contribution in [2.45, 2.75) is 78.2 Å². The van der Waals surface area contributed by atoms with Crippen molar-refractivity contribution in [3.8, 4) is 0 Å². The van der Waals surface area contributed by atoms with E-state index in [4.69, 9.17) is 5.73 Å². The van der Waals surface area contributed by atoms with Gasteiger partial charge in [0.15, 0.2) is 0 Å². The second-order valence-electron chi connectivity index (χ2n) is 8.59. The summed E-state index contributed by atoms with van der Waals surface area (Å²) in [6.07, 6.45) is 9.52. The maximum atomic E-state index is 6.26. The van der Waals surface area contributed by atoms with Crippen LogP contribution in [-0.2, 0) is 0 Å². The number of hydrogen-bond acceptors (Lipinski definition) is 2. The van der Waals surface area contributed by atoms with E-state index in [2.05, 4.69) is 32.6 Å². The Morgan fingerprint density at radius 1 is 1.05 bits per heavy atom. The molecule has 1 aliphatic heterocycles. The molecule has 2 nitrogen and oxygen atoms in total. The van der Waals surface area contributed by atoms with Crippen molar-refractivity contribution in [1.29, 1.82) is 0 Å². The van der Waals surface area contributed by atoms with Crippen LogP contribution in [0.5, 0.6) is 0 Å². The van der Waals surface area contributed by atoms with Crippen molar-refractivity contribution in [2.75, 3.05) is 19.6 Å². The Kier molecular flexibility index (Phi) is 5.18. The minimum Gasteiger partial charge on any atom is -0.329 e. The van der Waals surface area contributed by atoms with E-state index in [0.717, 1.165) is 18.4 Å². The first-order valence-electron chi connectivity index (χ1n) is 8.82. The van der Waals surface area contributed by atoms with Crippen molar-refractivity contribution in [1.82, 2.24) is 4.90 Å². The summed E-state index contributed by atoms with van der Waals surface area (Å²) in [4.78, 5) is 2.77. The topological polar surface area (TPSA) is 29.3 Å². The molecule has 118 valence electrons. The molecule has 1 aliphatic carbocycles. The molecule has 2 atom stereocenters. The van der Waals surface area contributed by atoms with Gasteiger partial charge in [-0.05, 0) is 62.4 Å². The molecule has 2 fully saturated rings. The van der Waals surface area contributed by atoms with Crippen LogP contribution in [0, 0.1) is 17.3 Å². The molecular weight excluding hydrogens is 244 g/mol. The monoisotopic (exact) mass is 280 g/mol. The van der Waals surface area contributed by atoms with Gasteiger partial charge in [0.2, 0.25) is 0 Å². The molecule has 20 heavy (non-hydrogen) atoms. The fourth-order valence-electron chi connectivity index (χ4n) is 4.43. The normalized spacial score (nSPS) is 35.0. The highest BCUT2D eigenvalue weighted by Gasteiger charge is 2.40. The summed E-state index contributed by atoms with van der Waals surface area (Å²) in [5.41, 5.74) is 7.06. The van der Waals surface area contributed by atoms with Crippen LogP contribution in [0.2, 0.25) is 0 Å². The predicted molar refractivity (Wildman–Crippen MR) is 87.8 cm³/mol. The molecule has 2 aliphatic rings. The molecule has 2 heteroatoms. The van der Waals surface area contributed by atoms with E-state index in [1.807, 2.05) is 0 Å². The minimum absolute atomic E-state index is 0.327. The van der Waals surface area contributed by atoms with Gasteiger partial charge in [-0.3, -0.25) is 4.90 Å². The third-order valence-electron chi connectivity index (χ3n) is 6.21. The summed E-state index contributed by atoms with van der Waals surface area (Å²) >= 11 is 0. The van der Waals surface area contributed by atoms with Gasteiger partial charge >= 0.3 is 0 Å². The van der Waals surface area contributed by atoms with Crippen molar-refractivity contribution >= 4 is 0 Å². The van der Waals surface area contributed by atoms with Gasteiger partial charge < -0.3 is 5.73 Å². The number of hydrogen-bond donors (Lipinski definition) is 1. The summed E-state index contributed by atoms with van der Waals surface area (Å²) in [5.74, 6) is 1.79. The number of likely N-dealkylation sites (tertiary alicyclic amines) is 1. The zero-order valence-electron chi connectivity index (χ0n) is 14.3. The van der Waals surface area contributed by atoms with E-state index in [0.29, 0.717) is 11.0 Å². The molecule has 2 unspecified atom stereocenters. The maximum absolute atomic E-state index is 6.26. The average molecular weight is 281 g/mol. The van der Waals surface area contributed by atoms with E-state index in [-0.39, 0.29) is 0 Å². The zero-order valence-corrected chi connectivity index (χ0v) is 14.3. The van der Waals surface area contributed by atoms with Gasteiger partial charge in [-0.1, -0.05) is 40.5 Å². The SMILES string of the molecule is CC1CCCC(CN)(N2CCC(C(C)(C)C)CC2)CC1. The summed E-state index contributed by atoms with van der Waals surface area (Å²) in [5, 5.41) is 0. The van der Waals surface area contributed by atoms with Gasteiger partial charge in [-0.15, -0.1) is 0 Å². The third-order valence-corrected chi connectivity index (χ3v) is 6.21. The van der Waals surface area contributed by atoms with Crippen molar-refractivity contribution in [3.63, 3.8) is 0 Å².